The summed E-state index contributed by atoms with van der Waals surface area (Å²) in [5.74, 6) is 2.51. The van der Waals surface area contributed by atoms with Gasteiger partial charge in [-0.2, -0.15) is 0 Å². The Balaban J connectivity index is 0.00000420. The standard InChI is InChI=1S/C32H33NO5.ClH/c1-35-29-15-13-24(19-31(29)36-2)17-18-33-21-28(34)27-14-16-30(37-22-25-9-5-3-6-10-25)32(20-27)38-23-26-11-7-4-8-12-26;/h3-16,19-20,33H,17-18,21-23H2,1-2H3;1H. The zero-order valence-electron chi connectivity index (χ0n) is 22.2. The van der Waals surface area contributed by atoms with E-state index in [4.69, 9.17) is 18.9 Å². The molecule has 1 N–H and O–H groups in total. The Bertz CT molecular complexity index is 1310. The number of benzene rings is 4. The molecule has 0 spiro atoms. The molecule has 0 radical (unpaired) electrons. The molecule has 0 aliphatic heterocycles. The molecule has 0 saturated heterocycles. The molecule has 0 aliphatic carbocycles. The van der Waals surface area contributed by atoms with Crippen molar-refractivity contribution < 1.29 is 23.7 Å². The fourth-order valence-corrected chi connectivity index (χ4v) is 3.96. The van der Waals surface area contributed by atoms with E-state index in [0.717, 1.165) is 23.1 Å². The highest BCUT2D eigenvalue weighted by Gasteiger charge is 2.13. The number of Topliss-reactive ketones (excluding diaryl/α,β-unsaturated/α-hetero) is 1. The van der Waals surface area contributed by atoms with Gasteiger partial charge in [-0.1, -0.05) is 66.7 Å². The maximum Gasteiger partial charge on any atom is 0.176 e. The molecule has 0 heterocycles. The van der Waals surface area contributed by atoms with Crippen LogP contribution in [0.25, 0.3) is 0 Å². The lowest BCUT2D eigenvalue weighted by atomic mass is 10.1. The van der Waals surface area contributed by atoms with Gasteiger partial charge in [-0.25, -0.2) is 0 Å². The van der Waals surface area contributed by atoms with Crippen LogP contribution in [0.1, 0.15) is 27.0 Å². The van der Waals surface area contributed by atoms with Gasteiger partial charge in [0.05, 0.1) is 20.8 Å². The van der Waals surface area contributed by atoms with Crippen molar-refractivity contribution in [2.75, 3.05) is 27.3 Å². The lowest BCUT2D eigenvalue weighted by Gasteiger charge is -2.15. The third-order valence-corrected chi connectivity index (χ3v) is 6.06. The minimum atomic E-state index is -0.0171. The second-order valence-electron chi connectivity index (χ2n) is 8.75. The maximum atomic E-state index is 13.0. The van der Waals surface area contributed by atoms with Crippen LogP contribution in [0.3, 0.4) is 0 Å². The normalized spacial score (nSPS) is 10.3. The highest BCUT2D eigenvalue weighted by molar-refractivity contribution is 5.98. The van der Waals surface area contributed by atoms with Crippen LogP contribution in [-0.2, 0) is 19.6 Å². The van der Waals surface area contributed by atoms with Crippen molar-refractivity contribution in [2.45, 2.75) is 19.6 Å². The van der Waals surface area contributed by atoms with E-state index in [1.54, 1.807) is 32.4 Å². The summed E-state index contributed by atoms with van der Waals surface area (Å²) in [6.45, 7) is 1.66. The number of hydrogen-bond acceptors (Lipinski definition) is 6. The summed E-state index contributed by atoms with van der Waals surface area (Å²) in [7, 11) is 3.24. The van der Waals surface area contributed by atoms with Crippen LogP contribution in [0.15, 0.2) is 97.1 Å². The van der Waals surface area contributed by atoms with Crippen molar-refractivity contribution in [3.8, 4) is 23.0 Å². The summed E-state index contributed by atoms with van der Waals surface area (Å²) in [6.07, 6.45) is 0.755. The predicted molar refractivity (Wildman–Crippen MR) is 156 cm³/mol. The number of hydrogen-bond donors (Lipinski definition) is 1. The number of halogens is 1. The van der Waals surface area contributed by atoms with Crippen molar-refractivity contribution in [1.29, 1.82) is 0 Å². The first-order valence-electron chi connectivity index (χ1n) is 12.6. The van der Waals surface area contributed by atoms with Gasteiger partial charge in [-0.05, 0) is 60.0 Å². The lowest BCUT2D eigenvalue weighted by molar-refractivity contribution is 0.0990. The van der Waals surface area contributed by atoms with Crippen molar-refractivity contribution in [3.05, 3.63) is 119 Å². The topological polar surface area (TPSA) is 66.0 Å². The highest BCUT2D eigenvalue weighted by Crippen LogP contribution is 2.30. The van der Waals surface area contributed by atoms with Crippen LogP contribution in [0.2, 0.25) is 0 Å². The molecular formula is C32H34ClNO5. The van der Waals surface area contributed by atoms with Crippen LogP contribution < -0.4 is 24.3 Å². The van der Waals surface area contributed by atoms with Gasteiger partial charge in [0.25, 0.3) is 0 Å². The molecular weight excluding hydrogens is 514 g/mol. The van der Waals surface area contributed by atoms with Crippen molar-refractivity contribution in [1.82, 2.24) is 5.32 Å². The monoisotopic (exact) mass is 547 g/mol. The number of ketones is 1. The number of nitrogens with one attached hydrogen (secondary N) is 1. The molecule has 0 unspecified atom stereocenters. The zero-order chi connectivity index (χ0) is 26.6. The van der Waals surface area contributed by atoms with E-state index in [9.17, 15) is 4.79 Å². The van der Waals surface area contributed by atoms with Gasteiger partial charge in [0, 0.05) is 5.56 Å². The van der Waals surface area contributed by atoms with Crippen LogP contribution >= 0.6 is 12.4 Å². The first-order valence-corrected chi connectivity index (χ1v) is 12.6. The fraction of sp³-hybridized carbons (Fsp3) is 0.219. The summed E-state index contributed by atoms with van der Waals surface area (Å²) < 4.78 is 22.8. The van der Waals surface area contributed by atoms with E-state index in [1.807, 2.05) is 78.9 Å². The van der Waals surface area contributed by atoms with Gasteiger partial charge in [0.15, 0.2) is 28.8 Å². The summed E-state index contributed by atoms with van der Waals surface area (Å²) in [5.41, 5.74) is 3.76. The van der Waals surface area contributed by atoms with Crippen molar-refractivity contribution in [3.63, 3.8) is 0 Å². The SMILES string of the molecule is COc1ccc(CCNCC(=O)c2ccc(OCc3ccccc3)c(OCc3ccccc3)c2)cc1OC.Cl. The number of ether oxygens (including phenoxy) is 4. The molecule has 0 aromatic heterocycles. The van der Waals surface area contributed by atoms with E-state index < -0.39 is 0 Å². The van der Waals surface area contributed by atoms with Gasteiger partial charge in [0.2, 0.25) is 0 Å². The molecule has 0 aliphatic rings. The number of carbonyl (C=O) groups is 1. The summed E-state index contributed by atoms with van der Waals surface area (Å²) in [5, 5.41) is 3.24. The fourth-order valence-electron chi connectivity index (χ4n) is 3.96. The Morgan fingerprint density at radius 3 is 1.85 bits per heavy atom. The Hall–Kier alpha value is -4.00. The average molecular weight is 548 g/mol. The molecule has 204 valence electrons. The molecule has 4 rings (SSSR count). The van der Waals surface area contributed by atoms with Crippen LogP contribution in [0, 0.1) is 0 Å². The largest absolute Gasteiger partial charge is 0.493 e. The van der Waals surface area contributed by atoms with E-state index in [2.05, 4.69) is 5.32 Å². The highest BCUT2D eigenvalue weighted by atomic mass is 35.5. The third kappa shape index (κ3) is 8.77. The van der Waals surface area contributed by atoms with Gasteiger partial charge >= 0.3 is 0 Å². The predicted octanol–water partition coefficient (Wildman–Crippen LogP) is 6.30. The smallest absolute Gasteiger partial charge is 0.176 e. The first kappa shape index (κ1) is 29.6. The minimum Gasteiger partial charge on any atom is -0.493 e. The van der Waals surface area contributed by atoms with E-state index in [-0.39, 0.29) is 24.7 Å². The molecule has 0 atom stereocenters. The molecule has 0 bridgehead atoms. The Morgan fingerprint density at radius 2 is 1.23 bits per heavy atom. The molecule has 0 saturated carbocycles. The quantitative estimate of drug-likeness (QED) is 0.148. The van der Waals surface area contributed by atoms with Crippen LogP contribution in [-0.4, -0.2) is 33.1 Å². The summed E-state index contributed by atoms with van der Waals surface area (Å²) in [6, 6.07) is 31.1. The third-order valence-electron chi connectivity index (χ3n) is 6.06. The van der Waals surface area contributed by atoms with Crippen molar-refractivity contribution in [2.24, 2.45) is 0 Å². The molecule has 7 heteroatoms. The molecule has 4 aromatic carbocycles. The summed E-state index contributed by atoms with van der Waals surface area (Å²) >= 11 is 0. The van der Waals surface area contributed by atoms with Gasteiger partial charge in [-0.15, -0.1) is 12.4 Å². The van der Waals surface area contributed by atoms with E-state index in [0.29, 0.717) is 48.3 Å². The second kappa shape index (κ2) is 15.4. The lowest BCUT2D eigenvalue weighted by Crippen LogP contribution is -2.25. The van der Waals surface area contributed by atoms with Gasteiger partial charge < -0.3 is 24.3 Å². The van der Waals surface area contributed by atoms with Crippen LogP contribution in [0.4, 0.5) is 0 Å². The van der Waals surface area contributed by atoms with Crippen LogP contribution in [0.5, 0.6) is 23.0 Å². The van der Waals surface area contributed by atoms with Crippen molar-refractivity contribution >= 4 is 18.2 Å². The number of carbonyl (C=O) groups excluding carboxylic acids is 1. The molecule has 39 heavy (non-hydrogen) atoms. The molecule has 0 fully saturated rings. The molecule has 0 amide bonds. The van der Waals surface area contributed by atoms with E-state index in [1.165, 1.54) is 0 Å². The first-order chi connectivity index (χ1) is 18.7. The molecule has 6 nitrogen and oxygen atoms in total. The van der Waals surface area contributed by atoms with E-state index >= 15 is 0 Å². The van der Waals surface area contributed by atoms with Gasteiger partial charge in [-0.3, -0.25) is 4.79 Å². The zero-order valence-corrected chi connectivity index (χ0v) is 23.0. The number of methoxy groups -OCH3 is 2. The Morgan fingerprint density at radius 1 is 0.641 bits per heavy atom. The second-order valence-corrected chi connectivity index (χ2v) is 8.75. The average Bonchev–Trinajstić information content (AvgIpc) is 2.98. The maximum absolute atomic E-state index is 13.0. The Labute approximate surface area is 236 Å². The van der Waals surface area contributed by atoms with Gasteiger partial charge in [0.1, 0.15) is 13.2 Å². The minimum absolute atomic E-state index is 0. The summed E-state index contributed by atoms with van der Waals surface area (Å²) in [4.78, 5) is 13.0. The number of rotatable bonds is 14. The molecule has 4 aromatic rings. The Kier molecular flexibility index (Phi) is 11.7.